The zero-order valence-electron chi connectivity index (χ0n) is 11.7. The first-order valence-electron chi connectivity index (χ1n) is 6.41. The molecule has 0 amide bonds. The zero-order chi connectivity index (χ0) is 15.0. The molecule has 21 heavy (non-hydrogen) atoms. The molecule has 0 radical (unpaired) electrons. The summed E-state index contributed by atoms with van der Waals surface area (Å²) in [6.07, 6.45) is 0. The lowest BCUT2D eigenvalue weighted by Gasteiger charge is -2.07. The van der Waals surface area contributed by atoms with E-state index in [0.717, 1.165) is 15.3 Å². The Morgan fingerprint density at radius 1 is 1.19 bits per heavy atom. The molecule has 0 atom stereocenters. The standard InChI is InChI=1S/C14H15NO4S2/c1-9-5-14(10(2)20-9)21(16,17)15-7-11-3-4-12-13(6-11)19-8-18-12/h3-6,15H,7-8H2,1-2H3. The van der Waals surface area contributed by atoms with E-state index in [1.54, 1.807) is 18.2 Å². The molecule has 0 saturated heterocycles. The number of thiophene rings is 1. The van der Waals surface area contributed by atoms with Gasteiger partial charge >= 0.3 is 0 Å². The summed E-state index contributed by atoms with van der Waals surface area (Å²) in [7, 11) is -3.49. The van der Waals surface area contributed by atoms with Gasteiger partial charge < -0.3 is 9.47 Å². The molecule has 0 saturated carbocycles. The summed E-state index contributed by atoms with van der Waals surface area (Å²) >= 11 is 1.48. The van der Waals surface area contributed by atoms with Crippen molar-refractivity contribution in [3.8, 4) is 11.5 Å². The second-order valence-corrected chi connectivity index (χ2v) is 7.99. The summed E-state index contributed by atoms with van der Waals surface area (Å²) in [4.78, 5) is 2.13. The molecule has 0 unspecified atom stereocenters. The van der Waals surface area contributed by atoms with Crippen molar-refractivity contribution < 1.29 is 17.9 Å². The van der Waals surface area contributed by atoms with Gasteiger partial charge in [0.25, 0.3) is 0 Å². The van der Waals surface area contributed by atoms with Crippen LogP contribution in [0, 0.1) is 13.8 Å². The normalized spacial score (nSPS) is 13.6. The Labute approximate surface area is 127 Å². The first kappa shape index (κ1) is 14.4. The van der Waals surface area contributed by atoms with E-state index < -0.39 is 10.0 Å². The van der Waals surface area contributed by atoms with Crippen LogP contribution in [0.3, 0.4) is 0 Å². The molecule has 0 bridgehead atoms. The third kappa shape index (κ3) is 2.90. The molecule has 1 aliphatic heterocycles. The number of fused-ring (bicyclic) bond motifs is 1. The maximum atomic E-state index is 12.3. The highest BCUT2D eigenvalue weighted by Crippen LogP contribution is 2.32. The van der Waals surface area contributed by atoms with Crippen molar-refractivity contribution in [2.24, 2.45) is 0 Å². The van der Waals surface area contributed by atoms with Crippen LogP contribution in [-0.4, -0.2) is 15.2 Å². The third-order valence-corrected chi connectivity index (χ3v) is 5.81. The maximum Gasteiger partial charge on any atom is 0.241 e. The fourth-order valence-corrected chi connectivity index (χ4v) is 4.75. The van der Waals surface area contributed by atoms with Gasteiger partial charge in [0.15, 0.2) is 11.5 Å². The van der Waals surface area contributed by atoms with Crippen LogP contribution in [0.1, 0.15) is 15.3 Å². The lowest BCUT2D eigenvalue weighted by Crippen LogP contribution is -2.23. The molecule has 5 nitrogen and oxygen atoms in total. The highest BCUT2D eigenvalue weighted by Gasteiger charge is 2.19. The number of nitrogens with one attached hydrogen (secondary N) is 1. The Morgan fingerprint density at radius 3 is 2.67 bits per heavy atom. The van der Waals surface area contributed by atoms with E-state index in [1.165, 1.54) is 11.3 Å². The minimum atomic E-state index is -3.49. The Bertz CT molecular complexity index is 780. The van der Waals surface area contributed by atoms with Gasteiger partial charge in [0.1, 0.15) is 0 Å². The summed E-state index contributed by atoms with van der Waals surface area (Å²) in [5.74, 6) is 1.33. The molecule has 1 aromatic carbocycles. The number of hydrogen-bond acceptors (Lipinski definition) is 5. The minimum absolute atomic E-state index is 0.206. The van der Waals surface area contributed by atoms with Crippen molar-refractivity contribution in [2.75, 3.05) is 6.79 Å². The maximum absolute atomic E-state index is 12.3. The number of benzene rings is 1. The number of hydrogen-bond donors (Lipinski definition) is 1. The quantitative estimate of drug-likeness (QED) is 0.938. The topological polar surface area (TPSA) is 64.6 Å². The van der Waals surface area contributed by atoms with E-state index >= 15 is 0 Å². The van der Waals surface area contributed by atoms with Crippen molar-refractivity contribution >= 4 is 21.4 Å². The smallest absolute Gasteiger partial charge is 0.241 e. The van der Waals surface area contributed by atoms with E-state index in [-0.39, 0.29) is 13.3 Å². The Morgan fingerprint density at radius 2 is 1.95 bits per heavy atom. The van der Waals surface area contributed by atoms with Gasteiger partial charge in [0, 0.05) is 16.3 Å². The van der Waals surface area contributed by atoms with Crippen molar-refractivity contribution in [1.82, 2.24) is 4.72 Å². The van der Waals surface area contributed by atoms with Crippen LogP contribution in [0.15, 0.2) is 29.2 Å². The lowest BCUT2D eigenvalue weighted by atomic mass is 10.2. The zero-order valence-corrected chi connectivity index (χ0v) is 13.3. The highest BCUT2D eigenvalue weighted by molar-refractivity contribution is 7.89. The predicted molar refractivity (Wildman–Crippen MR) is 80.4 cm³/mol. The number of rotatable bonds is 4. The summed E-state index contributed by atoms with van der Waals surface area (Å²) in [5.41, 5.74) is 0.826. The predicted octanol–water partition coefficient (Wildman–Crippen LogP) is 2.57. The van der Waals surface area contributed by atoms with Gasteiger partial charge in [-0.15, -0.1) is 11.3 Å². The number of aryl methyl sites for hydroxylation is 2. The van der Waals surface area contributed by atoms with Gasteiger partial charge in [0.05, 0.1) is 4.90 Å². The fraction of sp³-hybridized carbons (Fsp3) is 0.286. The van der Waals surface area contributed by atoms with Crippen LogP contribution in [0.25, 0.3) is 0 Å². The average molecular weight is 325 g/mol. The van der Waals surface area contributed by atoms with E-state index in [9.17, 15) is 8.42 Å². The summed E-state index contributed by atoms with van der Waals surface area (Å²) in [6.45, 7) is 4.13. The lowest BCUT2D eigenvalue weighted by molar-refractivity contribution is 0.174. The van der Waals surface area contributed by atoms with Crippen molar-refractivity contribution in [2.45, 2.75) is 25.3 Å². The third-order valence-electron chi connectivity index (χ3n) is 3.19. The van der Waals surface area contributed by atoms with Gasteiger partial charge in [0.2, 0.25) is 16.8 Å². The molecule has 0 spiro atoms. The van der Waals surface area contributed by atoms with E-state index in [2.05, 4.69) is 4.72 Å². The van der Waals surface area contributed by atoms with Crippen LogP contribution in [-0.2, 0) is 16.6 Å². The molecule has 1 aliphatic rings. The Balaban J connectivity index is 1.76. The van der Waals surface area contributed by atoms with Crippen molar-refractivity contribution in [3.63, 3.8) is 0 Å². The second-order valence-electron chi connectivity index (χ2n) is 4.79. The second kappa shape index (κ2) is 5.32. The van der Waals surface area contributed by atoms with Gasteiger partial charge in [-0.05, 0) is 37.6 Å². The molecule has 0 aliphatic carbocycles. The number of ether oxygens (including phenoxy) is 2. The van der Waals surface area contributed by atoms with Crippen molar-refractivity contribution in [1.29, 1.82) is 0 Å². The van der Waals surface area contributed by atoms with Gasteiger partial charge in [-0.25, -0.2) is 13.1 Å². The van der Waals surface area contributed by atoms with Crippen LogP contribution in [0.2, 0.25) is 0 Å². The molecule has 1 N–H and O–H groups in total. The SMILES string of the molecule is Cc1cc(S(=O)(=O)NCc2ccc3c(c2)OCO3)c(C)s1. The van der Waals surface area contributed by atoms with Gasteiger partial charge in [-0.1, -0.05) is 6.07 Å². The molecule has 1 aromatic heterocycles. The molecule has 0 fully saturated rings. The molecule has 2 aromatic rings. The first-order chi connectivity index (χ1) is 9.95. The van der Waals surface area contributed by atoms with Crippen LogP contribution >= 0.6 is 11.3 Å². The molecule has 2 heterocycles. The average Bonchev–Trinajstić information content (AvgIpc) is 3.02. The molecule has 3 rings (SSSR count). The largest absolute Gasteiger partial charge is 0.454 e. The van der Waals surface area contributed by atoms with Crippen molar-refractivity contribution in [3.05, 3.63) is 39.6 Å². The van der Waals surface area contributed by atoms with Crippen LogP contribution in [0.4, 0.5) is 0 Å². The molecule has 7 heteroatoms. The van der Waals surface area contributed by atoms with Gasteiger partial charge in [-0.3, -0.25) is 0 Å². The monoisotopic (exact) mass is 325 g/mol. The Hall–Kier alpha value is -1.57. The van der Waals surface area contributed by atoms with E-state index in [1.807, 2.05) is 19.9 Å². The van der Waals surface area contributed by atoms with E-state index in [0.29, 0.717) is 16.4 Å². The highest BCUT2D eigenvalue weighted by atomic mass is 32.2. The Kier molecular flexibility index (Phi) is 3.64. The molecular weight excluding hydrogens is 310 g/mol. The molecule has 112 valence electrons. The fourth-order valence-electron chi connectivity index (χ4n) is 2.18. The number of sulfonamides is 1. The minimum Gasteiger partial charge on any atom is -0.454 e. The summed E-state index contributed by atoms with van der Waals surface area (Å²) < 4.78 is 37.8. The summed E-state index contributed by atoms with van der Waals surface area (Å²) in [6, 6.07) is 7.09. The van der Waals surface area contributed by atoms with Crippen LogP contribution < -0.4 is 14.2 Å². The van der Waals surface area contributed by atoms with Crippen LogP contribution in [0.5, 0.6) is 11.5 Å². The molecular formula is C14H15NO4S2. The van der Waals surface area contributed by atoms with Gasteiger partial charge in [-0.2, -0.15) is 0 Å². The van der Waals surface area contributed by atoms with E-state index in [4.69, 9.17) is 9.47 Å². The summed E-state index contributed by atoms with van der Waals surface area (Å²) in [5, 5.41) is 0. The first-order valence-corrected chi connectivity index (χ1v) is 8.71.